The van der Waals surface area contributed by atoms with Crippen LogP contribution in [0.15, 0.2) is 64.1 Å². The van der Waals surface area contributed by atoms with E-state index in [4.69, 9.17) is 0 Å². The summed E-state index contributed by atoms with van der Waals surface area (Å²) in [7, 11) is 0. The highest BCUT2D eigenvalue weighted by Gasteiger charge is 2.36. The van der Waals surface area contributed by atoms with Crippen LogP contribution in [0.2, 0.25) is 0 Å². The van der Waals surface area contributed by atoms with Crippen LogP contribution in [-0.4, -0.2) is 27.9 Å². The quantitative estimate of drug-likeness (QED) is 0.470. The molecule has 0 amide bonds. The zero-order valence-electron chi connectivity index (χ0n) is 13.4. The van der Waals surface area contributed by atoms with Crippen molar-refractivity contribution in [2.75, 3.05) is 12.9 Å². The van der Waals surface area contributed by atoms with Crippen molar-refractivity contribution in [2.24, 2.45) is 4.99 Å². The first-order valence-corrected chi connectivity index (χ1v) is 9.73. The number of hydroxylamine groups is 1. The molecule has 2 aromatic carbocycles. The Morgan fingerprint density at radius 2 is 1.84 bits per heavy atom. The number of benzene rings is 2. The Morgan fingerprint density at radius 1 is 1.12 bits per heavy atom. The largest absolute Gasteiger partial charge is 0.619 e. The number of imidazole rings is 1. The van der Waals surface area contributed by atoms with Crippen LogP contribution in [0, 0.1) is 5.21 Å². The van der Waals surface area contributed by atoms with Gasteiger partial charge in [-0.25, -0.2) is 9.98 Å². The molecule has 1 aliphatic rings. The van der Waals surface area contributed by atoms with Crippen LogP contribution in [0.25, 0.3) is 11.4 Å². The maximum absolute atomic E-state index is 13.6. The summed E-state index contributed by atoms with van der Waals surface area (Å²) in [6.07, 6.45) is 1.95. The lowest BCUT2D eigenvalue weighted by Crippen LogP contribution is -2.41. The van der Waals surface area contributed by atoms with Gasteiger partial charge in [-0.1, -0.05) is 46.3 Å². The van der Waals surface area contributed by atoms with E-state index in [-0.39, 0.29) is 6.67 Å². The second-order valence-corrected chi connectivity index (χ2v) is 7.38. The Hall–Kier alpha value is -1.93. The monoisotopic (exact) mass is 414 g/mol. The molecule has 25 heavy (non-hydrogen) atoms. The van der Waals surface area contributed by atoms with Crippen molar-refractivity contribution < 1.29 is 0 Å². The van der Waals surface area contributed by atoms with Gasteiger partial charge in [0.2, 0.25) is 5.82 Å². The highest BCUT2D eigenvalue weighted by Crippen LogP contribution is 2.40. The third-order valence-corrected chi connectivity index (χ3v) is 5.38. The second-order valence-electron chi connectivity index (χ2n) is 5.67. The summed E-state index contributed by atoms with van der Waals surface area (Å²) in [6.45, 7) is 0.106. The van der Waals surface area contributed by atoms with Crippen LogP contribution in [0.4, 0.5) is 11.5 Å². The number of aromatic amines is 1. The molecule has 1 atom stereocenters. The number of hydrogen-bond acceptors (Lipinski definition) is 4. The number of aliphatic imine (C=N–C) groups is 1. The average Bonchev–Trinajstić information content (AvgIpc) is 3.10. The summed E-state index contributed by atoms with van der Waals surface area (Å²) in [6, 6.07) is 17.1. The van der Waals surface area contributed by atoms with Crippen LogP contribution < -0.4 is 4.65 Å². The molecule has 0 saturated carbocycles. The van der Waals surface area contributed by atoms with Gasteiger partial charge in [0.05, 0.1) is 0 Å². The molecular weight excluding hydrogens is 400 g/mol. The molecule has 0 saturated heterocycles. The Balaban J connectivity index is 1.88. The van der Waals surface area contributed by atoms with Crippen molar-refractivity contribution in [2.45, 2.75) is 0 Å². The summed E-state index contributed by atoms with van der Waals surface area (Å²) < 4.78 is 0.334. The Morgan fingerprint density at radius 3 is 2.52 bits per heavy atom. The van der Waals surface area contributed by atoms with Gasteiger partial charge in [0, 0.05) is 10.0 Å². The summed E-state index contributed by atoms with van der Waals surface area (Å²) in [5.74, 6) is 1.21. The predicted molar refractivity (Wildman–Crippen MR) is 108 cm³/mol. The molecule has 7 heteroatoms. The van der Waals surface area contributed by atoms with Gasteiger partial charge in [-0.2, -0.15) is 0 Å². The average molecular weight is 415 g/mol. The molecule has 5 nitrogen and oxygen atoms in total. The van der Waals surface area contributed by atoms with Crippen molar-refractivity contribution in [1.82, 2.24) is 14.6 Å². The van der Waals surface area contributed by atoms with Crippen molar-refractivity contribution in [3.63, 3.8) is 0 Å². The number of fused-ring (bicyclic) bond motifs is 1. The topological polar surface area (TPSA) is 64.1 Å². The third kappa shape index (κ3) is 2.83. The number of H-pyrrole nitrogens is 1. The fourth-order valence-corrected chi connectivity index (χ4v) is 3.66. The maximum Gasteiger partial charge on any atom is 0.242 e. The Bertz CT molecular complexity index is 939. The molecule has 0 spiro atoms. The van der Waals surface area contributed by atoms with Crippen LogP contribution in [0.1, 0.15) is 5.69 Å². The van der Waals surface area contributed by atoms with Gasteiger partial charge in [-0.3, -0.25) is 9.63 Å². The molecule has 4 rings (SSSR count). The number of halogens is 1. The molecule has 0 bridgehead atoms. The summed E-state index contributed by atoms with van der Waals surface area (Å²) >= 11 is 4.94. The number of thioether (sulfide) groups is 1. The number of hydrogen-bond donors (Lipinski definition) is 1. The first-order valence-electron chi connectivity index (χ1n) is 7.72. The number of rotatable bonds is 2. The molecule has 1 unspecified atom stereocenters. The molecule has 3 aromatic rings. The van der Waals surface area contributed by atoms with Crippen LogP contribution in [0.3, 0.4) is 0 Å². The summed E-state index contributed by atoms with van der Waals surface area (Å²) in [4.78, 5) is 12.4. The van der Waals surface area contributed by atoms with Crippen molar-refractivity contribution in [3.05, 3.63) is 70.0 Å². The van der Waals surface area contributed by atoms with E-state index in [0.717, 1.165) is 15.1 Å². The fraction of sp³-hybridized carbons (Fsp3) is 0.111. The van der Waals surface area contributed by atoms with E-state index < -0.39 is 4.65 Å². The van der Waals surface area contributed by atoms with E-state index in [9.17, 15) is 5.21 Å². The Labute approximate surface area is 158 Å². The molecule has 0 aliphatic carbocycles. The van der Waals surface area contributed by atoms with Gasteiger partial charge in [0.15, 0.2) is 12.4 Å². The van der Waals surface area contributed by atoms with Crippen molar-refractivity contribution in [1.29, 1.82) is 0 Å². The van der Waals surface area contributed by atoms with E-state index in [2.05, 4.69) is 30.9 Å². The minimum absolute atomic E-state index is 0.106. The Kier molecular flexibility index (Phi) is 4.24. The van der Waals surface area contributed by atoms with E-state index in [1.54, 1.807) is 0 Å². The van der Waals surface area contributed by atoms with Crippen molar-refractivity contribution in [3.8, 4) is 11.4 Å². The minimum atomic E-state index is -0.663. The van der Waals surface area contributed by atoms with E-state index in [1.165, 1.54) is 11.8 Å². The first-order chi connectivity index (χ1) is 12.1. The van der Waals surface area contributed by atoms with E-state index in [0.29, 0.717) is 23.0 Å². The van der Waals surface area contributed by atoms with Gasteiger partial charge >= 0.3 is 0 Å². The zero-order valence-corrected chi connectivity index (χ0v) is 15.8. The van der Waals surface area contributed by atoms with Gasteiger partial charge in [0.1, 0.15) is 16.6 Å². The number of nitrogens with one attached hydrogen (secondary N) is 1. The van der Waals surface area contributed by atoms with Crippen molar-refractivity contribution >= 4 is 44.2 Å². The molecule has 0 radical (unpaired) electrons. The standard InChI is InChI=1S/C18H15BrN4OS/c1-25-18-15-17(22-16(21-15)12-7-9-13(19)10-8-12)23(24,11-20-18)14-5-3-2-4-6-14/h2-10H,11H2,1H3,(H,21,22). The zero-order chi connectivity index (χ0) is 17.4. The third-order valence-electron chi connectivity index (χ3n) is 4.15. The minimum Gasteiger partial charge on any atom is -0.619 e. The molecule has 1 aliphatic heterocycles. The van der Waals surface area contributed by atoms with Gasteiger partial charge in [0.25, 0.3) is 0 Å². The lowest BCUT2D eigenvalue weighted by molar-refractivity contribution is 0.505. The SMILES string of the molecule is CSC1=NC[N+]([O-])(c2ccccc2)c2[nH]c(-c3ccc(Br)cc3)nc21. The maximum atomic E-state index is 13.6. The second kappa shape index (κ2) is 6.42. The molecule has 2 heterocycles. The number of quaternary nitrogens is 1. The molecule has 1 N–H and O–H groups in total. The molecular formula is C18H15BrN4OS. The highest BCUT2D eigenvalue weighted by molar-refractivity contribution is 9.10. The number of nitrogens with zero attached hydrogens (tertiary/aromatic N) is 3. The van der Waals surface area contributed by atoms with Gasteiger partial charge < -0.3 is 5.21 Å². The fourth-order valence-electron chi connectivity index (χ4n) is 2.87. The predicted octanol–water partition coefficient (Wildman–Crippen LogP) is 5.06. The molecule has 1 aromatic heterocycles. The highest BCUT2D eigenvalue weighted by atomic mass is 79.9. The molecule has 0 fully saturated rings. The molecule has 126 valence electrons. The van der Waals surface area contributed by atoms with E-state index >= 15 is 0 Å². The smallest absolute Gasteiger partial charge is 0.242 e. The van der Waals surface area contributed by atoms with Crippen LogP contribution >= 0.6 is 27.7 Å². The lowest BCUT2D eigenvalue weighted by atomic mass is 10.2. The van der Waals surface area contributed by atoms with Gasteiger partial charge in [-0.05, 0) is 30.5 Å². The lowest BCUT2D eigenvalue weighted by Gasteiger charge is -2.40. The number of aromatic nitrogens is 2. The normalized spacial score (nSPS) is 19.4. The van der Waals surface area contributed by atoms with Crippen LogP contribution in [-0.2, 0) is 0 Å². The number of para-hydroxylation sites is 1. The summed E-state index contributed by atoms with van der Waals surface area (Å²) in [5.41, 5.74) is 2.20. The van der Waals surface area contributed by atoms with Crippen LogP contribution in [0.5, 0.6) is 0 Å². The summed E-state index contributed by atoms with van der Waals surface area (Å²) in [5, 5.41) is 14.4. The first kappa shape index (κ1) is 16.5. The van der Waals surface area contributed by atoms with Gasteiger partial charge in [-0.15, -0.1) is 11.8 Å². The van der Waals surface area contributed by atoms with E-state index in [1.807, 2.05) is 60.9 Å².